The van der Waals surface area contributed by atoms with Crippen molar-refractivity contribution in [3.8, 4) is 0 Å². The van der Waals surface area contributed by atoms with Gasteiger partial charge in [0.1, 0.15) is 0 Å². The van der Waals surface area contributed by atoms with Crippen LogP contribution in [0, 0.1) is 0 Å². The summed E-state index contributed by atoms with van der Waals surface area (Å²) in [5.41, 5.74) is 2.83. The minimum Gasteiger partial charge on any atom is -0.372 e. The molecule has 1 aromatic carbocycles. The van der Waals surface area contributed by atoms with Gasteiger partial charge < -0.3 is 10.2 Å². The van der Waals surface area contributed by atoms with Crippen LogP contribution in [0.25, 0.3) is 0 Å². The summed E-state index contributed by atoms with van der Waals surface area (Å²) < 4.78 is 0. The molecule has 19 heavy (non-hydrogen) atoms. The van der Waals surface area contributed by atoms with E-state index in [1.54, 1.807) is 0 Å². The highest BCUT2D eigenvalue weighted by Crippen LogP contribution is 2.21. The Morgan fingerprint density at radius 3 is 2.26 bits per heavy atom. The molecule has 1 aliphatic carbocycles. The second-order valence-corrected chi connectivity index (χ2v) is 6.08. The first-order valence-corrected chi connectivity index (χ1v) is 7.99. The lowest BCUT2D eigenvalue weighted by molar-refractivity contribution is 0.524. The highest BCUT2D eigenvalue weighted by atomic mass is 15.1. The summed E-state index contributed by atoms with van der Waals surface area (Å²) in [6.45, 7) is 3.50. The molecule has 1 saturated heterocycles. The number of hydrogen-bond acceptors (Lipinski definition) is 2. The van der Waals surface area contributed by atoms with E-state index < -0.39 is 0 Å². The Kier molecular flexibility index (Phi) is 4.39. The molecule has 1 heterocycles. The van der Waals surface area contributed by atoms with Crippen molar-refractivity contribution in [2.75, 3.05) is 18.0 Å². The van der Waals surface area contributed by atoms with Crippen molar-refractivity contribution in [3.05, 3.63) is 29.8 Å². The largest absolute Gasteiger partial charge is 0.372 e. The summed E-state index contributed by atoms with van der Waals surface area (Å²) >= 11 is 0. The molecule has 1 aromatic rings. The fourth-order valence-corrected chi connectivity index (χ4v) is 3.37. The highest BCUT2D eigenvalue weighted by Gasteiger charge is 2.14. The average molecular weight is 258 g/mol. The third-order valence-corrected chi connectivity index (χ3v) is 4.61. The first-order valence-electron chi connectivity index (χ1n) is 7.99. The van der Waals surface area contributed by atoms with E-state index in [1.165, 1.54) is 69.3 Å². The zero-order valence-electron chi connectivity index (χ0n) is 11.9. The van der Waals surface area contributed by atoms with Gasteiger partial charge in [0.05, 0.1) is 0 Å². The smallest absolute Gasteiger partial charge is 0.0366 e. The van der Waals surface area contributed by atoms with Crippen LogP contribution in [0.15, 0.2) is 24.3 Å². The zero-order valence-corrected chi connectivity index (χ0v) is 11.9. The zero-order chi connectivity index (χ0) is 12.9. The van der Waals surface area contributed by atoms with Gasteiger partial charge in [0.2, 0.25) is 0 Å². The molecule has 1 saturated carbocycles. The lowest BCUT2D eigenvalue weighted by Gasteiger charge is -2.28. The Balaban J connectivity index is 1.52. The lowest BCUT2D eigenvalue weighted by atomic mass is 10.1. The van der Waals surface area contributed by atoms with E-state index >= 15 is 0 Å². The molecule has 104 valence electrons. The average Bonchev–Trinajstić information content (AvgIpc) is 3.00. The summed E-state index contributed by atoms with van der Waals surface area (Å²) in [5.74, 6) is 0. The van der Waals surface area contributed by atoms with Gasteiger partial charge >= 0.3 is 0 Å². The number of anilines is 1. The van der Waals surface area contributed by atoms with Crippen LogP contribution >= 0.6 is 0 Å². The van der Waals surface area contributed by atoms with Crippen LogP contribution in [0.4, 0.5) is 5.69 Å². The van der Waals surface area contributed by atoms with Gasteiger partial charge in [-0.3, -0.25) is 0 Å². The molecule has 0 atom stereocenters. The van der Waals surface area contributed by atoms with Crippen LogP contribution in [-0.2, 0) is 6.54 Å². The molecule has 1 N–H and O–H groups in total. The van der Waals surface area contributed by atoms with Crippen molar-refractivity contribution in [2.45, 2.75) is 57.5 Å². The molecule has 1 aliphatic heterocycles. The van der Waals surface area contributed by atoms with Crippen molar-refractivity contribution < 1.29 is 0 Å². The molecule has 3 rings (SSSR count). The van der Waals surface area contributed by atoms with Crippen LogP contribution in [0.5, 0.6) is 0 Å². The summed E-state index contributed by atoms with van der Waals surface area (Å²) in [5, 5.41) is 3.68. The SMILES string of the molecule is c1cc(N2CCCCC2)ccc1CNC1CCCC1. The summed E-state index contributed by atoms with van der Waals surface area (Å²) in [6.07, 6.45) is 9.66. The molecule has 0 radical (unpaired) electrons. The van der Waals surface area contributed by atoms with Crippen LogP contribution in [0.1, 0.15) is 50.5 Å². The van der Waals surface area contributed by atoms with Crippen LogP contribution in [0.3, 0.4) is 0 Å². The normalized spacial score (nSPS) is 20.9. The maximum Gasteiger partial charge on any atom is 0.0366 e. The molecule has 0 spiro atoms. The van der Waals surface area contributed by atoms with Crippen LogP contribution in [0.2, 0.25) is 0 Å². The number of piperidine rings is 1. The van der Waals surface area contributed by atoms with Gasteiger partial charge in [-0.1, -0.05) is 25.0 Å². The monoisotopic (exact) mass is 258 g/mol. The maximum atomic E-state index is 3.68. The molecule has 0 amide bonds. The molecule has 2 fully saturated rings. The summed E-state index contributed by atoms with van der Waals surface area (Å²) in [7, 11) is 0. The fourth-order valence-electron chi connectivity index (χ4n) is 3.37. The molecule has 0 aromatic heterocycles. The first kappa shape index (κ1) is 13.0. The molecular formula is C17H26N2. The Labute approximate surface area is 117 Å². The van der Waals surface area contributed by atoms with E-state index in [-0.39, 0.29) is 0 Å². The van der Waals surface area contributed by atoms with Crippen molar-refractivity contribution in [3.63, 3.8) is 0 Å². The van der Waals surface area contributed by atoms with E-state index in [4.69, 9.17) is 0 Å². The Hall–Kier alpha value is -1.02. The van der Waals surface area contributed by atoms with Crippen LogP contribution in [-0.4, -0.2) is 19.1 Å². The third kappa shape index (κ3) is 3.50. The van der Waals surface area contributed by atoms with Gasteiger partial charge in [0.15, 0.2) is 0 Å². The molecule has 2 heteroatoms. The Morgan fingerprint density at radius 1 is 0.895 bits per heavy atom. The van der Waals surface area contributed by atoms with E-state index in [1.807, 2.05) is 0 Å². The van der Waals surface area contributed by atoms with Gasteiger partial charge in [0, 0.05) is 31.4 Å². The Bertz CT molecular complexity index is 373. The quantitative estimate of drug-likeness (QED) is 0.885. The van der Waals surface area contributed by atoms with Crippen molar-refractivity contribution in [1.82, 2.24) is 5.32 Å². The van der Waals surface area contributed by atoms with Crippen LogP contribution < -0.4 is 10.2 Å². The predicted octanol–water partition coefficient (Wildman–Crippen LogP) is 3.71. The number of nitrogens with zero attached hydrogens (tertiary/aromatic N) is 1. The Morgan fingerprint density at radius 2 is 1.58 bits per heavy atom. The van der Waals surface area contributed by atoms with Gasteiger partial charge in [-0.15, -0.1) is 0 Å². The van der Waals surface area contributed by atoms with Gasteiger partial charge in [-0.25, -0.2) is 0 Å². The van der Waals surface area contributed by atoms with E-state index in [0.29, 0.717) is 0 Å². The summed E-state index contributed by atoms with van der Waals surface area (Å²) in [4.78, 5) is 2.53. The molecule has 0 unspecified atom stereocenters. The topological polar surface area (TPSA) is 15.3 Å². The number of benzene rings is 1. The fraction of sp³-hybridized carbons (Fsp3) is 0.647. The second-order valence-electron chi connectivity index (χ2n) is 6.08. The molecule has 2 aliphatic rings. The maximum absolute atomic E-state index is 3.68. The van der Waals surface area contributed by atoms with Crippen molar-refractivity contribution >= 4 is 5.69 Å². The molecular weight excluding hydrogens is 232 g/mol. The number of nitrogens with one attached hydrogen (secondary N) is 1. The first-order chi connectivity index (χ1) is 9.42. The lowest BCUT2D eigenvalue weighted by Crippen LogP contribution is -2.29. The second kappa shape index (κ2) is 6.42. The number of rotatable bonds is 4. The van der Waals surface area contributed by atoms with Gasteiger partial charge in [0.25, 0.3) is 0 Å². The van der Waals surface area contributed by atoms with Gasteiger partial charge in [-0.2, -0.15) is 0 Å². The minimum atomic E-state index is 0.766. The van der Waals surface area contributed by atoms with Crippen molar-refractivity contribution in [1.29, 1.82) is 0 Å². The minimum absolute atomic E-state index is 0.766. The molecule has 0 bridgehead atoms. The van der Waals surface area contributed by atoms with Gasteiger partial charge in [-0.05, 0) is 49.8 Å². The van der Waals surface area contributed by atoms with E-state index in [0.717, 1.165) is 12.6 Å². The third-order valence-electron chi connectivity index (χ3n) is 4.61. The van der Waals surface area contributed by atoms with E-state index in [2.05, 4.69) is 34.5 Å². The number of hydrogen-bond donors (Lipinski definition) is 1. The van der Waals surface area contributed by atoms with Crippen molar-refractivity contribution in [2.24, 2.45) is 0 Å². The predicted molar refractivity (Wildman–Crippen MR) is 81.6 cm³/mol. The standard InChI is InChI=1S/C17H26N2/c1-4-12-19(13-5-1)17-10-8-15(9-11-17)14-18-16-6-2-3-7-16/h8-11,16,18H,1-7,12-14H2. The molecule has 2 nitrogen and oxygen atoms in total. The highest BCUT2D eigenvalue weighted by molar-refractivity contribution is 5.47. The summed E-state index contributed by atoms with van der Waals surface area (Å²) in [6, 6.07) is 9.97. The van der Waals surface area contributed by atoms with E-state index in [9.17, 15) is 0 Å².